The van der Waals surface area contributed by atoms with Gasteiger partial charge in [-0.25, -0.2) is 0 Å². The van der Waals surface area contributed by atoms with Gasteiger partial charge in [0.15, 0.2) is 0 Å². The molecule has 0 spiro atoms. The maximum absolute atomic E-state index is 9.47. The van der Waals surface area contributed by atoms with Crippen molar-refractivity contribution in [3.8, 4) is 0 Å². The van der Waals surface area contributed by atoms with E-state index in [1.807, 2.05) is 0 Å². The summed E-state index contributed by atoms with van der Waals surface area (Å²) >= 11 is 0. The average Bonchev–Trinajstić information content (AvgIpc) is 2.43. The van der Waals surface area contributed by atoms with Gasteiger partial charge in [-0.1, -0.05) is 25.5 Å². The molecule has 0 heterocycles. The number of hydrogen-bond acceptors (Lipinski definition) is 1. The Hall–Kier alpha value is -0.300. The topological polar surface area (TPSA) is 20.2 Å². The van der Waals surface area contributed by atoms with Gasteiger partial charge in [-0.3, -0.25) is 0 Å². The first-order valence-electron chi connectivity index (χ1n) is 4.58. The SMILES string of the molecule is CC(C)C1=CC2CC1CC2O. The second kappa shape index (κ2) is 2.34. The lowest BCUT2D eigenvalue weighted by molar-refractivity contribution is 0.146. The Morgan fingerprint density at radius 1 is 1.45 bits per heavy atom. The van der Waals surface area contributed by atoms with Gasteiger partial charge in [0.2, 0.25) is 0 Å². The van der Waals surface area contributed by atoms with Gasteiger partial charge in [0.25, 0.3) is 0 Å². The first-order chi connectivity index (χ1) is 5.18. The fourth-order valence-corrected chi connectivity index (χ4v) is 2.55. The Bertz CT molecular complexity index is 193. The van der Waals surface area contributed by atoms with Crippen LogP contribution in [0.25, 0.3) is 0 Å². The minimum atomic E-state index is -0.0255. The van der Waals surface area contributed by atoms with Crippen molar-refractivity contribution in [2.45, 2.75) is 32.8 Å². The molecule has 2 aliphatic carbocycles. The van der Waals surface area contributed by atoms with E-state index in [0.717, 1.165) is 12.3 Å². The summed E-state index contributed by atoms with van der Waals surface area (Å²) in [6.07, 6.45) is 4.52. The van der Waals surface area contributed by atoms with Crippen molar-refractivity contribution in [3.63, 3.8) is 0 Å². The smallest absolute Gasteiger partial charge is 0.0608 e. The molecule has 0 aliphatic heterocycles. The lowest BCUT2D eigenvalue weighted by Crippen LogP contribution is -2.15. The average molecular weight is 152 g/mol. The Balaban J connectivity index is 2.17. The molecule has 1 N–H and O–H groups in total. The van der Waals surface area contributed by atoms with Crippen LogP contribution in [-0.4, -0.2) is 11.2 Å². The third-order valence-electron chi connectivity index (χ3n) is 3.12. The molecule has 2 rings (SSSR count). The number of aliphatic hydroxyl groups excluding tert-OH is 1. The van der Waals surface area contributed by atoms with Crippen LogP contribution in [0.2, 0.25) is 0 Å². The highest BCUT2D eigenvalue weighted by molar-refractivity contribution is 5.23. The van der Waals surface area contributed by atoms with Crippen molar-refractivity contribution >= 4 is 0 Å². The molecule has 0 aromatic carbocycles. The Morgan fingerprint density at radius 3 is 2.55 bits per heavy atom. The van der Waals surface area contributed by atoms with E-state index in [-0.39, 0.29) is 6.10 Å². The minimum absolute atomic E-state index is 0.0255. The van der Waals surface area contributed by atoms with Crippen LogP contribution in [0.1, 0.15) is 26.7 Å². The van der Waals surface area contributed by atoms with Gasteiger partial charge in [-0.15, -0.1) is 0 Å². The zero-order chi connectivity index (χ0) is 8.01. The first-order valence-corrected chi connectivity index (χ1v) is 4.58. The molecule has 62 valence electrons. The number of hydrogen-bond donors (Lipinski definition) is 1. The van der Waals surface area contributed by atoms with Crippen molar-refractivity contribution in [2.75, 3.05) is 0 Å². The molecule has 0 amide bonds. The molecule has 1 fully saturated rings. The highest BCUT2D eigenvalue weighted by atomic mass is 16.3. The summed E-state index contributed by atoms with van der Waals surface area (Å²) < 4.78 is 0. The molecular formula is C10H16O. The summed E-state index contributed by atoms with van der Waals surface area (Å²) in [5.74, 6) is 1.91. The molecular weight excluding hydrogens is 136 g/mol. The van der Waals surface area contributed by atoms with Gasteiger partial charge in [0, 0.05) is 5.92 Å². The van der Waals surface area contributed by atoms with E-state index in [1.165, 1.54) is 6.42 Å². The van der Waals surface area contributed by atoms with Gasteiger partial charge in [0.05, 0.1) is 6.10 Å². The maximum atomic E-state index is 9.47. The summed E-state index contributed by atoms with van der Waals surface area (Å²) in [6.45, 7) is 4.50. The monoisotopic (exact) mass is 152 g/mol. The van der Waals surface area contributed by atoms with E-state index in [1.54, 1.807) is 5.57 Å². The number of aliphatic hydroxyl groups is 1. The lowest BCUT2D eigenvalue weighted by Gasteiger charge is -2.19. The van der Waals surface area contributed by atoms with Crippen molar-refractivity contribution in [2.24, 2.45) is 17.8 Å². The predicted molar refractivity (Wildman–Crippen MR) is 45.1 cm³/mol. The molecule has 0 saturated heterocycles. The molecule has 1 heteroatoms. The third kappa shape index (κ3) is 1.02. The number of allylic oxidation sites excluding steroid dienone is 1. The molecule has 0 radical (unpaired) electrons. The Kier molecular flexibility index (Phi) is 1.57. The molecule has 0 aromatic heterocycles. The standard InChI is InChI=1S/C10H16O/c1-6(2)9-4-8-3-7(9)5-10(8)11/h4,6-8,10-11H,3,5H2,1-2H3. The van der Waals surface area contributed by atoms with Crippen LogP contribution < -0.4 is 0 Å². The summed E-state index contributed by atoms with van der Waals surface area (Å²) in [4.78, 5) is 0. The van der Waals surface area contributed by atoms with Crippen molar-refractivity contribution in [1.82, 2.24) is 0 Å². The molecule has 3 atom stereocenters. The van der Waals surface area contributed by atoms with Crippen LogP contribution in [0, 0.1) is 17.8 Å². The molecule has 0 aromatic rings. The summed E-state index contributed by atoms with van der Waals surface area (Å²) in [5.41, 5.74) is 1.60. The molecule has 3 unspecified atom stereocenters. The summed E-state index contributed by atoms with van der Waals surface area (Å²) in [6, 6.07) is 0. The fraction of sp³-hybridized carbons (Fsp3) is 0.800. The zero-order valence-electron chi connectivity index (χ0n) is 7.25. The summed E-state index contributed by atoms with van der Waals surface area (Å²) in [7, 11) is 0. The van der Waals surface area contributed by atoms with E-state index in [4.69, 9.17) is 0 Å². The van der Waals surface area contributed by atoms with Crippen LogP contribution in [-0.2, 0) is 0 Å². The van der Waals surface area contributed by atoms with Crippen LogP contribution in [0.15, 0.2) is 11.6 Å². The maximum Gasteiger partial charge on any atom is 0.0608 e. The van der Waals surface area contributed by atoms with Gasteiger partial charge >= 0.3 is 0 Å². The molecule has 1 nitrogen and oxygen atoms in total. The highest BCUT2D eigenvalue weighted by Gasteiger charge is 2.39. The van der Waals surface area contributed by atoms with Crippen molar-refractivity contribution in [3.05, 3.63) is 11.6 Å². The third-order valence-corrected chi connectivity index (χ3v) is 3.12. The zero-order valence-corrected chi connectivity index (χ0v) is 7.25. The molecule has 2 bridgehead atoms. The fourth-order valence-electron chi connectivity index (χ4n) is 2.55. The van der Waals surface area contributed by atoms with Crippen molar-refractivity contribution < 1.29 is 5.11 Å². The lowest BCUT2D eigenvalue weighted by atomic mass is 9.89. The van der Waals surface area contributed by atoms with E-state index in [0.29, 0.717) is 11.8 Å². The number of rotatable bonds is 1. The predicted octanol–water partition coefficient (Wildman–Crippen LogP) is 1.97. The molecule has 11 heavy (non-hydrogen) atoms. The van der Waals surface area contributed by atoms with Gasteiger partial charge in [-0.05, 0) is 24.7 Å². The first kappa shape index (κ1) is 7.35. The summed E-state index contributed by atoms with van der Waals surface area (Å²) in [5, 5.41) is 9.47. The van der Waals surface area contributed by atoms with Gasteiger partial charge < -0.3 is 5.11 Å². The molecule has 1 saturated carbocycles. The number of fused-ring (bicyclic) bond motifs is 2. The van der Waals surface area contributed by atoms with Crippen LogP contribution >= 0.6 is 0 Å². The Morgan fingerprint density at radius 2 is 2.18 bits per heavy atom. The second-order valence-electron chi connectivity index (χ2n) is 4.22. The van der Waals surface area contributed by atoms with Crippen molar-refractivity contribution in [1.29, 1.82) is 0 Å². The van der Waals surface area contributed by atoms with Crippen LogP contribution in [0.5, 0.6) is 0 Å². The second-order valence-corrected chi connectivity index (χ2v) is 4.22. The van der Waals surface area contributed by atoms with E-state index in [9.17, 15) is 5.11 Å². The van der Waals surface area contributed by atoms with E-state index >= 15 is 0 Å². The van der Waals surface area contributed by atoms with Gasteiger partial charge in [-0.2, -0.15) is 0 Å². The normalized spacial score (nSPS) is 41.8. The van der Waals surface area contributed by atoms with E-state index < -0.39 is 0 Å². The van der Waals surface area contributed by atoms with Gasteiger partial charge in [0.1, 0.15) is 0 Å². The minimum Gasteiger partial charge on any atom is -0.392 e. The molecule has 2 aliphatic rings. The van der Waals surface area contributed by atoms with Crippen LogP contribution in [0.4, 0.5) is 0 Å². The largest absolute Gasteiger partial charge is 0.392 e. The quantitative estimate of drug-likeness (QED) is 0.569. The highest BCUT2D eigenvalue weighted by Crippen LogP contribution is 2.46. The van der Waals surface area contributed by atoms with Crippen LogP contribution in [0.3, 0.4) is 0 Å². The Labute approximate surface area is 68.1 Å². The van der Waals surface area contributed by atoms with E-state index in [2.05, 4.69) is 19.9 Å².